The largest absolute Gasteiger partial charge is 0.386 e. The quantitative estimate of drug-likeness (QED) is 0.861. The van der Waals surface area contributed by atoms with Gasteiger partial charge >= 0.3 is 0 Å². The molecular weight excluding hydrogens is 224 g/mol. The third kappa shape index (κ3) is 2.48. The number of para-hydroxylation sites is 1. The molecule has 4 nitrogen and oxygen atoms in total. The average molecular weight is 240 g/mol. The van der Waals surface area contributed by atoms with E-state index in [1.54, 1.807) is 12.4 Å². The molecule has 92 valence electrons. The van der Waals surface area contributed by atoms with Crippen LogP contribution in [0.4, 0.5) is 17.3 Å². The zero-order valence-corrected chi connectivity index (χ0v) is 10.6. The standard InChI is InChI=1S/C14H16N4/c1-4-11-7-5-6-10(2)13(11)18-14-16-8-12(15-3)9-17-14/h4-9,15H,1H2,2-3H3,(H,16,17,18). The van der Waals surface area contributed by atoms with Crippen LogP contribution in [0.1, 0.15) is 11.1 Å². The number of hydrogen-bond donors (Lipinski definition) is 2. The van der Waals surface area contributed by atoms with Crippen molar-refractivity contribution < 1.29 is 0 Å². The van der Waals surface area contributed by atoms with Crippen LogP contribution in [-0.2, 0) is 0 Å². The van der Waals surface area contributed by atoms with E-state index in [4.69, 9.17) is 0 Å². The number of aromatic nitrogens is 2. The number of rotatable bonds is 4. The zero-order valence-electron chi connectivity index (χ0n) is 10.6. The molecule has 4 heteroatoms. The van der Waals surface area contributed by atoms with Gasteiger partial charge in [-0.25, -0.2) is 9.97 Å². The second-order valence-corrected chi connectivity index (χ2v) is 3.91. The van der Waals surface area contributed by atoms with E-state index < -0.39 is 0 Å². The molecule has 2 aromatic rings. The number of nitrogens with zero attached hydrogens (tertiary/aromatic N) is 2. The van der Waals surface area contributed by atoms with Crippen molar-refractivity contribution in [1.29, 1.82) is 0 Å². The van der Waals surface area contributed by atoms with Gasteiger partial charge in [-0.15, -0.1) is 0 Å². The molecule has 1 aromatic carbocycles. The number of nitrogens with one attached hydrogen (secondary N) is 2. The molecule has 0 amide bonds. The molecule has 0 bridgehead atoms. The van der Waals surface area contributed by atoms with Crippen LogP contribution in [0, 0.1) is 6.92 Å². The van der Waals surface area contributed by atoms with Crippen LogP contribution < -0.4 is 10.6 Å². The first-order chi connectivity index (χ1) is 8.74. The molecule has 1 aromatic heterocycles. The number of benzene rings is 1. The maximum Gasteiger partial charge on any atom is 0.227 e. The summed E-state index contributed by atoms with van der Waals surface area (Å²) in [5, 5.41) is 6.20. The first-order valence-electron chi connectivity index (χ1n) is 5.73. The Kier molecular flexibility index (Phi) is 3.57. The lowest BCUT2D eigenvalue weighted by Crippen LogP contribution is -2.01. The zero-order chi connectivity index (χ0) is 13.0. The van der Waals surface area contributed by atoms with Crippen molar-refractivity contribution >= 4 is 23.4 Å². The van der Waals surface area contributed by atoms with Gasteiger partial charge in [-0.3, -0.25) is 0 Å². The fourth-order valence-corrected chi connectivity index (χ4v) is 1.66. The summed E-state index contributed by atoms with van der Waals surface area (Å²) in [7, 11) is 1.84. The summed E-state index contributed by atoms with van der Waals surface area (Å²) < 4.78 is 0. The summed E-state index contributed by atoms with van der Waals surface area (Å²) in [6.45, 7) is 5.85. The molecule has 0 aliphatic rings. The summed E-state index contributed by atoms with van der Waals surface area (Å²) in [5.74, 6) is 0.575. The molecule has 1 heterocycles. The maximum atomic E-state index is 4.24. The van der Waals surface area contributed by atoms with Crippen molar-refractivity contribution in [2.75, 3.05) is 17.7 Å². The third-order valence-corrected chi connectivity index (χ3v) is 2.70. The molecule has 0 saturated carbocycles. The Morgan fingerprint density at radius 2 is 1.94 bits per heavy atom. The van der Waals surface area contributed by atoms with Crippen LogP contribution in [0.25, 0.3) is 6.08 Å². The fourth-order valence-electron chi connectivity index (χ4n) is 1.66. The third-order valence-electron chi connectivity index (χ3n) is 2.70. The minimum Gasteiger partial charge on any atom is -0.386 e. The van der Waals surface area contributed by atoms with E-state index in [-0.39, 0.29) is 0 Å². The van der Waals surface area contributed by atoms with Crippen LogP contribution >= 0.6 is 0 Å². The van der Waals surface area contributed by atoms with Gasteiger partial charge in [-0.2, -0.15) is 0 Å². The Hall–Kier alpha value is -2.36. The van der Waals surface area contributed by atoms with Gasteiger partial charge in [0.25, 0.3) is 0 Å². The lowest BCUT2D eigenvalue weighted by Gasteiger charge is -2.11. The smallest absolute Gasteiger partial charge is 0.227 e. The summed E-state index contributed by atoms with van der Waals surface area (Å²) >= 11 is 0. The minimum absolute atomic E-state index is 0.575. The molecule has 0 fully saturated rings. The number of hydrogen-bond acceptors (Lipinski definition) is 4. The van der Waals surface area contributed by atoms with Gasteiger partial charge in [0.1, 0.15) is 0 Å². The summed E-state index contributed by atoms with van der Waals surface area (Å²) in [4.78, 5) is 8.48. The fraction of sp³-hybridized carbons (Fsp3) is 0.143. The van der Waals surface area contributed by atoms with Crippen LogP contribution in [0.3, 0.4) is 0 Å². The van der Waals surface area contributed by atoms with E-state index in [1.807, 2.05) is 38.2 Å². The number of anilines is 3. The van der Waals surface area contributed by atoms with Gasteiger partial charge < -0.3 is 10.6 Å². The molecule has 0 unspecified atom stereocenters. The van der Waals surface area contributed by atoms with Crippen molar-refractivity contribution in [3.05, 3.63) is 48.3 Å². The minimum atomic E-state index is 0.575. The Balaban J connectivity index is 2.30. The molecule has 0 aliphatic heterocycles. The van der Waals surface area contributed by atoms with Crippen LogP contribution in [0.2, 0.25) is 0 Å². The highest BCUT2D eigenvalue weighted by atomic mass is 15.1. The molecule has 0 radical (unpaired) electrons. The van der Waals surface area contributed by atoms with Gasteiger partial charge in [-0.1, -0.05) is 30.9 Å². The van der Waals surface area contributed by atoms with Gasteiger partial charge in [-0.05, 0) is 18.1 Å². The average Bonchev–Trinajstić information content (AvgIpc) is 2.42. The Morgan fingerprint density at radius 1 is 1.22 bits per heavy atom. The van der Waals surface area contributed by atoms with Crippen molar-refractivity contribution in [2.45, 2.75) is 6.92 Å². The lowest BCUT2D eigenvalue weighted by atomic mass is 10.1. The van der Waals surface area contributed by atoms with Gasteiger partial charge in [0, 0.05) is 7.05 Å². The summed E-state index contributed by atoms with van der Waals surface area (Å²) in [5.41, 5.74) is 4.05. The highest BCUT2D eigenvalue weighted by Gasteiger charge is 2.04. The van der Waals surface area contributed by atoms with Crippen molar-refractivity contribution in [2.24, 2.45) is 0 Å². The maximum absolute atomic E-state index is 4.24. The second-order valence-electron chi connectivity index (χ2n) is 3.91. The van der Waals surface area contributed by atoms with Gasteiger partial charge in [0.15, 0.2) is 0 Å². The van der Waals surface area contributed by atoms with Crippen LogP contribution in [0.15, 0.2) is 37.2 Å². The predicted octanol–water partition coefficient (Wildman–Crippen LogP) is 3.21. The monoisotopic (exact) mass is 240 g/mol. The number of aryl methyl sites for hydroxylation is 1. The predicted molar refractivity (Wildman–Crippen MR) is 76.1 cm³/mol. The SMILES string of the molecule is C=Cc1cccc(C)c1Nc1ncc(NC)cn1. The molecule has 2 rings (SSSR count). The van der Waals surface area contributed by atoms with Gasteiger partial charge in [0.2, 0.25) is 5.95 Å². The summed E-state index contributed by atoms with van der Waals surface area (Å²) in [6.07, 6.45) is 5.29. The first kappa shape index (κ1) is 12.1. The first-order valence-corrected chi connectivity index (χ1v) is 5.73. The Morgan fingerprint density at radius 3 is 2.56 bits per heavy atom. The molecule has 2 N–H and O–H groups in total. The molecular formula is C14H16N4. The lowest BCUT2D eigenvalue weighted by molar-refractivity contribution is 1.16. The Labute approximate surface area is 107 Å². The highest BCUT2D eigenvalue weighted by molar-refractivity contribution is 5.72. The molecule has 0 saturated heterocycles. The van der Waals surface area contributed by atoms with Crippen LogP contribution in [0.5, 0.6) is 0 Å². The molecule has 18 heavy (non-hydrogen) atoms. The second kappa shape index (κ2) is 5.31. The van der Waals surface area contributed by atoms with E-state index in [1.165, 1.54) is 0 Å². The normalized spacial score (nSPS) is 9.89. The van der Waals surface area contributed by atoms with Gasteiger partial charge in [0.05, 0.1) is 23.8 Å². The Bertz CT molecular complexity index is 546. The molecule has 0 atom stereocenters. The van der Waals surface area contributed by atoms with Crippen molar-refractivity contribution in [3.63, 3.8) is 0 Å². The van der Waals surface area contributed by atoms with E-state index in [2.05, 4.69) is 27.2 Å². The van der Waals surface area contributed by atoms with E-state index >= 15 is 0 Å². The van der Waals surface area contributed by atoms with Crippen molar-refractivity contribution in [1.82, 2.24) is 9.97 Å². The van der Waals surface area contributed by atoms with Crippen molar-refractivity contribution in [3.8, 4) is 0 Å². The molecule has 0 aliphatic carbocycles. The highest BCUT2D eigenvalue weighted by Crippen LogP contribution is 2.24. The molecule has 0 spiro atoms. The van der Waals surface area contributed by atoms with E-state index in [0.717, 1.165) is 22.5 Å². The van der Waals surface area contributed by atoms with Crippen LogP contribution in [-0.4, -0.2) is 17.0 Å². The topological polar surface area (TPSA) is 49.8 Å². The van der Waals surface area contributed by atoms with E-state index in [9.17, 15) is 0 Å². The summed E-state index contributed by atoms with van der Waals surface area (Å²) in [6, 6.07) is 6.05. The van der Waals surface area contributed by atoms with E-state index in [0.29, 0.717) is 5.95 Å².